The molecule has 0 radical (unpaired) electrons. The number of benzene rings is 1. The number of aromatic nitrogens is 1. The van der Waals surface area contributed by atoms with E-state index >= 15 is 0 Å². The van der Waals surface area contributed by atoms with Gasteiger partial charge in [-0.05, 0) is 6.92 Å². The molecule has 2 nitrogen and oxygen atoms in total. The van der Waals surface area contributed by atoms with Crippen molar-refractivity contribution >= 4 is 11.3 Å². The van der Waals surface area contributed by atoms with Gasteiger partial charge in [-0.3, -0.25) is 0 Å². The zero-order valence-corrected chi connectivity index (χ0v) is 9.67. The van der Waals surface area contributed by atoms with Crippen LogP contribution in [0.1, 0.15) is 10.6 Å². The smallest absolute Gasteiger partial charge is 0.119 e. The van der Waals surface area contributed by atoms with Crippen LogP contribution in [0.25, 0.3) is 11.3 Å². The Labute approximate surface area is 93.6 Å². The molecule has 0 aliphatic rings. The van der Waals surface area contributed by atoms with Crippen molar-refractivity contribution in [1.29, 1.82) is 0 Å². The van der Waals surface area contributed by atoms with E-state index in [1.54, 1.807) is 18.4 Å². The minimum absolute atomic E-state index is 0.594. The summed E-state index contributed by atoms with van der Waals surface area (Å²) in [6.45, 7) is 2.68. The molecule has 78 valence electrons. The second kappa shape index (κ2) is 4.55. The van der Waals surface area contributed by atoms with Gasteiger partial charge < -0.3 is 4.74 Å². The number of hydrogen-bond donors (Lipinski definition) is 0. The van der Waals surface area contributed by atoms with Gasteiger partial charge in [0, 0.05) is 18.1 Å². The molecule has 1 heterocycles. The lowest BCUT2D eigenvalue weighted by Crippen LogP contribution is -1.86. The predicted octanol–water partition coefficient (Wildman–Crippen LogP) is 3.26. The number of ether oxygens (including phenoxy) is 1. The fourth-order valence-electron chi connectivity index (χ4n) is 1.36. The molecule has 1 aromatic heterocycles. The van der Waals surface area contributed by atoms with Crippen LogP contribution in [0.2, 0.25) is 0 Å². The topological polar surface area (TPSA) is 22.1 Å². The van der Waals surface area contributed by atoms with Crippen molar-refractivity contribution in [3.63, 3.8) is 0 Å². The summed E-state index contributed by atoms with van der Waals surface area (Å²) >= 11 is 1.64. The highest BCUT2D eigenvalue weighted by Gasteiger charge is 2.03. The van der Waals surface area contributed by atoms with Crippen LogP contribution in [0.3, 0.4) is 0 Å². The van der Waals surface area contributed by atoms with Crippen molar-refractivity contribution in [3.8, 4) is 11.3 Å². The maximum Gasteiger partial charge on any atom is 0.119 e. The first-order valence-corrected chi connectivity index (χ1v) is 5.68. The Balaban J connectivity index is 2.25. The SMILES string of the molecule is COCc1nc(-c2ccc(C)cc2)cs1. The molecule has 15 heavy (non-hydrogen) atoms. The summed E-state index contributed by atoms with van der Waals surface area (Å²) in [7, 11) is 1.69. The van der Waals surface area contributed by atoms with Crippen molar-refractivity contribution in [2.75, 3.05) is 7.11 Å². The normalized spacial score (nSPS) is 10.5. The largest absolute Gasteiger partial charge is 0.378 e. The van der Waals surface area contributed by atoms with E-state index in [-0.39, 0.29) is 0 Å². The fraction of sp³-hybridized carbons (Fsp3) is 0.250. The van der Waals surface area contributed by atoms with Crippen LogP contribution in [0.4, 0.5) is 0 Å². The Morgan fingerprint density at radius 2 is 2.00 bits per heavy atom. The minimum atomic E-state index is 0.594. The monoisotopic (exact) mass is 219 g/mol. The number of nitrogens with zero attached hydrogens (tertiary/aromatic N) is 1. The summed E-state index contributed by atoms with van der Waals surface area (Å²) in [5, 5.41) is 3.09. The van der Waals surface area contributed by atoms with Crippen LogP contribution in [-0.2, 0) is 11.3 Å². The molecule has 0 saturated carbocycles. The van der Waals surface area contributed by atoms with Gasteiger partial charge in [0.2, 0.25) is 0 Å². The molecule has 2 aromatic rings. The number of methoxy groups -OCH3 is 1. The van der Waals surface area contributed by atoms with E-state index in [0.717, 1.165) is 10.7 Å². The summed E-state index contributed by atoms with van der Waals surface area (Å²) in [6, 6.07) is 8.40. The van der Waals surface area contributed by atoms with E-state index < -0.39 is 0 Å². The summed E-state index contributed by atoms with van der Waals surface area (Å²) in [5.41, 5.74) is 3.47. The standard InChI is InChI=1S/C12H13NOS/c1-9-3-5-10(6-4-9)11-8-15-12(13-11)7-14-2/h3-6,8H,7H2,1-2H3. The molecule has 0 unspecified atom stereocenters. The van der Waals surface area contributed by atoms with Crippen LogP contribution in [-0.4, -0.2) is 12.1 Å². The quantitative estimate of drug-likeness (QED) is 0.790. The lowest BCUT2D eigenvalue weighted by atomic mass is 10.1. The van der Waals surface area contributed by atoms with Crippen LogP contribution in [0.5, 0.6) is 0 Å². The molecule has 0 bridgehead atoms. The highest BCUT2D eigenvalue weighted by Crippen LogP contribution is 2.22. The Morgan fingerprint density at radius 1 is 1.27 bits per heavy atom. The van der Waals surface area contributed by atoms with E-state index in [2.05, 4.69) is 41.6 Å². The second-order valence-electron chi connectivity index (χ2n) is 3.43. The number of rotatable bonds is 3. The van der Waals surface area contributed by atoms with Gasteiger partial charge in [0.15, 0.2) is 0 Å². The fourth-order valence-corrected chi connectivity index (χ4v) is 2.13. The summed E-state index contributed by atoms with van der Waals surface area (Å²) in [5.74, 6) is 0. The number of hydrogen-bond acceptors (Lipinski definition) is 3. The van der Waals surface area contributed by atoms with E-state index in [9.17, 15) is 0 Å². The molecule has 0 aliphatic carbocycles. The molecule has 1 aromatic carbocycles. The third kappa shape index (κ3) is 2.43. The van der Waals surface area contributed by atoms with Crippen molar-refractivity contribution in [3.05, 3.63) is 40.2 Å². The van der Waals surface area contributed by atoms with E-state index in [0.29, 0.717) is 6.61 Å². The van der Waals surface area contributed by atoms with Crippen LogP contribution in [0, 0.1) is 6.92 Å². The lowest BCUT2D eigenvalue weighted by Gasteiger charge is -1.97. The minimum Gasteiger partial charge on any atom is -0.378 e. The third-order valence-electron chi connectivity index (χ3n) is 2.17. The predicted molar refractivity (Wildman–Crippen MR) is 63.0 cm³/mol. The van der Waals surface area contributed by atoms with Gasteiger partial charge in [0.25, 0.3) is 0 Å². The van der Waals surface area contributed by atoms with Gasteiger partial charge in [-0.1, -0.05) is 29.8 Å². The number of thiazole rings is 1. The summed E-state index contributed by atoms with van der Waals surface area (Å²) in [6.07, 6.45) is 0. The van der Waals surface area contributed by atoms with Crippen LogP contribution < -0.4 is 0 Å². The van der Waals surface area contributed by atoms with E-state index in [1.165, 1.54) is 11.1 Å². The molecule has 0 saturated heterocycles. The van der Waals surface area contributed by atoms with Gasteiger partial charge >= 0.3 is 0 Å². The maximum absolute atomic E-state index is 5.04. The first kappa shape index (κ1) is 10.3. The van der Waals surface area contributed by atoms with E-state index in [1.807, 2.05) is 0 Å². The Morgan fingerprint density at radius 3 is 2.67 bits per heavy atom. The second-order valence-corrected chi connectivity index (χ2v) is 4.37. The Kier molecular flexibility index (Phi) is 3.14. The summed E-state index contributed by atoms with van der Waals surface area (Å²) < 4.78 is 5.04. The van der Waals surface area contributed by atoms with Crippen molar-refractivity contribution in [2.24, 2.45) is 0 Å². The molecule has 0 aliphatic heterocycles. The molecule has 0 amide bonds. The van der Waals surface area contributed by atoms with Gasteiger partial charge in [-0.2, -0.15) is 0 Å². The first-order valence-electron chi connectivity index (χ1n) is 4.80. The average Bonchev–Trinajstić information content (AvgIpc) is 2.68. The molecule has 0 atom stereocenters. The zero-order chi connectivity index (χ0) is 10.7. The van der Waals surface area contributed by atoms with Gasteiger partial charge in [-0.15, -0.1) is 11.3 Å². The van der Waals surface area contributed by atoms with Crippen molar-refractivity contribution in [2.45, 2.75) is 13.5 Å². The molecular weight excluding hydrogens is 206 g/mol. The zero-order valence-electron chi connectivity index (χ0n) is 8.86. The maximum atomic E-state index is 5.04. The molecule has 0 spiro atoms. The van der Waals surface area contributed by atoms with Gasteiger partial charge in [0.05, 0.1) is 12.3 Å². The van der Waals surface area contributed by atoms with Crippen LogP contribution in [0.15, 0.2) is 29.6 Å². The molecule has 3 heteroatoms. The van der Waals surface area contributed by atoms with Crippen molar-refractivity contribution < 1.29 is 4.74 Å². The Bertz CT molecular complexity index is 433. The molecule has 2 rings (SSSR count). The van der Waals surface area contributed by atoms with E-state index in [4.69, 9.17) is 4.74 Å². The lowest BCUT2D eigenvalue weighted by molar-refractivity contribution is 0.184. The summed E-state index contributed by atoms with van der Waals surface area (Å²) in [4.78, 5) is 4.49. The Hall–Kier alpha value is -1.19. The molecular formula is C12H13NOS. The van der Waals surface area contributed by atoms with Gasteiger partial charge in [-0.25, -0.2) is 4.98 Å². The first-order chi connectivity index (χ1) is 7.29. The van der Waals surface area contributed by atoms with Crippen LogP contribution >= 0.6 is 11.3 Å². The third-order valence-corrected chi connectivity index (χ3v) is 2.99. The highest BCUT2D eigenvalue weighted by molar-refractivity contribution is 7.09. The average molecular weight is 219 g/mol. The van der Waals surface area contributed by atoms with Gasteiger partial charge in [0.1, 0.15) is 5.01 Å². The highest BCUT2D eigenvalue weighted by atomic mass is 32.1. The number of aryl methyl sites for hydroxylation is 1. The molecule has 0 fully saturated rings. The van der Waals surface area contributed by atoms with Crippen molar-refractivity contribution in [1.82, 2.24) is 4.98 Å². The molecule has 0 N–H and O–H groups in total.